The Morgan fingerprint density at radius 1 is 1.17 bits per heavy atom. The molecule has 5 heterocycles. The van der Waals surface area contributed by atoms with Gasteiger partial charge in [-0.15, -0.1) is 0 Å². The zero-order chi connectivity index (χ0) is 24.5. The van der Waals surface area contributed by atoms with Gasteiger partial charge < -0.3 is 19.7 Å². The van der Waals surface area contributed by atoms with Crippen LogP contribution in [0.4, 0.5) is 11.5 Å². The van der Waals surface area contributed by atoms with E-state index in [1.54, 1.807) is 6.20 Å². The molecule has 1 N–H and O–H groups in total. The first kappa shape index (κ1) is 22.9. The molecule has 0 radical (unpaired) electrons. The highest BCUT2D eigenvalue weighted by molar-refractivity contribution is 5.95. The zero-order valence-corrected chi connectivity index (χ0v) is 20.2. The van der Waals surface area contributed by atoms with Crippen LogP contribution in [-0.2, 0) is 27.3 Å². The molecule has 188 valence electrons. The number of likely N-dealkylation sites (tertiary alicyclic amines) is 1. The summed E-state index contributed by atoms with van der Waals surface area (Å²) in [7, 11) is 0. The van der Waals surface area contributed by atoms with Gasteiger partial charge in [0.15, 0.2) is 12.3 Å². The van der Waals surface area contributed by atoms with Crippen LogP contribution in [0, 0.1) is 5.92 Å². The Kier molecular flexibility index (Phi) is 6.28. The Morgan fingerprint density at radius 3 is 2.94 bits per heavy atom. The molecule has 1 amide bonds. The van der Waals surface area contributed by atoms with Gasteiger partial charge in [-0.1, -0.05) is 12.1 Å². The van der Waals surface area contributed by atoms with Gasteiger partial charge in [-0.05, 0) is 25.5 Å². The van der Waals surface area contributed by atoms with Crippen molar-refractivity contribution in [1.82, 2.24) is 19.5 Å². The maximum Gasteiger partial charge on any atom is 0.262 e. The quantitative estimate of drug-likeness (QED) is 0.559. The van der Waals surface area contributed by atoms with Gasteiger partial charge in [-0.25, -0.2) is 4.98 Å². The van der Waals surface area contributed by atoms with Crippen LogP contribution >= 0.6 is 0 Å². The number of carbonyl (C=O) groups excluding carboxylic acids is 2. The van der Waals surface area contributed by atoms with Crippen molar-refractivity contribution in [2.24, 2.45) is 5.92 Å². The number of para-hydroxylation sites is 1. The van der Waals surface area contributed by atoms with Crippen molar-refractivity contribution in [1.29, 1.82) is 0 Å². The van der Waals surface area contributed by atoms with Crippen molar-refractivity contribution in [2.75, 3.05) is 56.2 Å². The van der Waals surface area contributed by atoms with E-state index in [-0.39, 0.29) is 24.2 Å². The third-order valence-electron chi connectivity index (χ3n) is 7.16. The first-order valence-corrected chi connectivity index (χ1v) is 12.6. The van der Waals surface area contributed by atoms with Crippen molar-refractivity contribution in [3.05, 3.63) is 47.8 Å². The van der Waals surface area contributed by atoms with Gasteiger partial charge in [0, 0.05) is 56.2 Å². The standard InChI is InChI=1S/C26H30N6O4/c33-22(13-20-14-25(31-9-11-35-12-10-31)32-23(28-20)6-7-27-32)18-4-2-8-30(15-18)16-19-3-1-5-21-26(19)36-17-24(34)29-21/h1,3,5-7,14,18H,2,4,8-13,15-17H2,(H,29,34). The predicted molar refractivity (Wildman–Crippen MR) is 133 cm³/mol. The van der Waals surface area contributed by atoms with Gasteiger partial charge in [-0.2, -0.15) is 9.61 Å². The fourth-order valence-electron chi connectivity index (χ4n) is 5.38. The maximum absolute atomic E-state index is 13.4. The van der Waals surface area contributed by atoms with Crippen molar-refractivity contribution in [2.45, 2.75) is 25.8 Å². The molecule has 10 nitrogen and oxygen atoms in total. The van der Waals surface area contributed by atoms with Gasteiger partial charge in [0.2, 0.25) is 0 Å². The van der Waals surface area contributed by atoms with Gasteiger partial charge in [0.1, 0.15) is 17.4 Å². The van der Waals surface area contributed by atoms with Gasteiger partial charge in [0.25, 0.3) is 5.91 Å². The maximum atomic E-state index is 13.4. The third kappa shape index (κ3) is 4.66. The minimum Gasteiger partial charge on any atom is -0.481 e. The molecule has 0 bridgehead atoms. The number of aromatic nitrogens is 3. The zero-order valence-electron chi connectivity index (χ0n) is 20.2. The average molecular weight is 491 g/mol. The summed E-state index contributed by atoms with van der Waals surface area (Å²) < 4.78 is 13.1. The topological polar surface area (TPSA) is 101 Å². The predicted octanol–water partition coefficient (Wildman–Crippen LogP) is 1.92. The average Bonchev–Trinajstić information content (AvgIpc) is 3.37. The molecule has 10 heteroatoms. The summed E-state index contributed by atoms with van der Waals surface area (Å²) in [5.41, 5.74) is 3.29. The van der Waals surface area contributed by atoms with E-state index in [1.807, 2.05) is 34.8 Å². The second-order valence-electron chi connectivity index (χ2n) is 9.65. The lowest BCUT2D eigenvalue weighted by Gasteiger charge is -2.33. The lowest BCUT2D eigenvalue weighted by atomic mass is 9.91. The molecule has 36 heavy (non-hydrogen) atoms. The minimum absolute atomic E-state index is 0.0336. The fourth-order valence-corrected chi connectivity index (χ4v) is 5.38. The van der Waals surface area contributed by atoms with E-state index in [2.05, 4.69) is 20.2 Å². The van der Waals surface area contributed by atoms with Gasteiger partial charge >= 0.3 is 0 Å². The second-order valence-corrected chi connectivity index (χ2v) is 9.65. The number of anilines is 2. The Balaban J connectivity index is 1.15. The van der Waals surface area contributed by atoms with Crippen molar-refractivity contribution < 1.29 is 19.1 Å². The molecule has 1 atom stereocenters. The number of ketones is 1. The van der Waals surface area contributed by atoms with Crippen LogP contribution in [0.1, 0.15) is 24.1 Å². The molecule has 3 aliphatic rings. The Labute approximate surface area is 209 Å². The number of Topliss-reactive ketones (excluding diaryl/α,β-unsaturated/α-hetero) is 1. The third-order valence-corrected chi connectivity index (χ3v) is 7.16. The van der Waals surface area contributed by atoms with Gasteiger partial charge in [0.05, 0.1) is 30.8 Å². The summed E-state index contributed by atoms with van der Waals surface area (Å²) in [5.74, 6) is 1.75. The summed E-state index contributed by atoms with van der Waals surface area (Å²) >= 11 is 0. The molecule has 2 saturated heterocycles. The van der Waals surface area contributed by atoms with Crippen molar-refractivity contribution in [3.63, 3.8) is 0 Å². The first-order chi connectivity index (χ1) is 17.6. The second kappa shape index (κ2) is 9.87. The monoisotopic (exact) mass is 490 g/mol. The van der Waals surface area contributed by atoms with Crippen molar-refractivity contribution in [3.8, 4) is 5.75 Å². The first-order valence-electron chi connectivity index (χ1n) is 12.6. The number of piperidine rings is 1. The summed E-state index contributed by atoms with van der Waals surface area (Å²) in [6.45, 7) is 5.30. The normalized spacial score (nSPS) is 20.6. The molecule has 0 spiro atoms. The van der Waals surface area contributed by atoms with Crippen LogP contribution in [-0.4, -0.2) is 77.2 Å². The molecule has 1 aromatic carbocycles. The summed E-state index contributed by atoms with van der Waals surface area (Å²) in [6, 6.07) is 9.70. The summed E-state index contributed by atoms with van der Waals surface area (Å²) in [4.78, 5) is 34.3. The van der Waals surface area contributed by atoms with Gasteiger partial charge in [-0.3, -0.25) is 14.5 Å². The lowest BCUT2D eigenvalue weighted by Crippen LogP contribution is -2.39. The number of rotatable bonds is 6. The molecule has 0 aliphatic carbocycles. The number of benzene rings is 1. The van der Waals surface area contributed by atoms with Crippen molar-refractivity contribution >= 4 is 28.8 Å². The Hall–Kier alpha value is -3.50. The Morgan fingerprint density at radius 2 is 2.06 bits per heavy atom. The molecule has 3 aromatic rings. The number of hydrogen-bond donors (Lipinski definition) is 1. The number of hydrogen-bond acceptors (Lipinski definition) is 8. The highest BCUT2D eigenvalue weighted by Gasteiger charge is 2.28. The number of amides is 1. The highest BCUT2D eigenvalue weighted by atomic mass is 16.5. The molecule has 1 unspecified atom stereocenters. The van der Waals surface area contributed by atoms with E-state index < -0.39 is 0 Å². The number of nitrogens with zero attached hydrogens (tertiary/aromatic N) is 5. The number of nitrogens with one attached hydrogen (secondary N) is 1. The van der Waals surface area contributed by atoms with E-state index in [0.717, 1.165) is 60.9 Å². The highest BCUT2D eigenvalue weighted by Crippen LogP contribution is 2.33. The van der Waals surface area contributed by atoms with Crippen LogP contribution in [0.3, 0.4) is 0 Å². The van der Waals surface area contributed by atoms with E-state index >= 15 is 0 Å². The van der Waals surface area contributed by atoms with E-state index in [9.17, 15) is 9.59 Å². The fraction of sp³-hybridized carbons (Fsp3) is 0.462. The summed E-state index contributed by atoms with van der Waals surface area (Å²) in [5, 5.41) is 7.31. The van der Waals surface area contributed by atoms with Crippen LogP contribution in [0.2, 0.25) is 0 Å². The smallest absolute Gasteiger partial charge is 0.262 e. The van der Waals surface area contributed by atoms with Crippen LogP contribution in [0.25, 0.3) is 5.65 Å². The van der Waals surface area contributed by atoms with E-state index in [0.29, 0.717) is 38.4 Å². The number of morpholine rings is 1. The van der Waals surface area contributed by atoms with Crippen LogP contribution in [0.15, 0.2) is 36.5 Å². The molecule has 2 aromatic heterocycles. The van der Waals surface area contributed by atoms with Crippen LogP contribution < -0.4 is 15.0 Å². The SMILES string of the molecule is O=C1COc2c(CN3CCCC(C(=O)Cc4cc(N5CCOCC5)n5nccc5n4)C3)cccc2N1. The minimum atomic E-state index is -0.136. The van der Waals surface area contributed by atoms with E-state index in [4.69, 9.17) is 14.5 Å². The summed E-state index contributed by atoms with van der Waals surface area (Å²) in [6.07, 6.45) is 3.92. The number of ether oxygens (including phenoxy) is 2. The van der Waals surface area contributed by atoms with E-state index in [1.165, 1.54) is 0 Å². The number of fused-ring (bicyclic) bond motifs is 2. The molecule has 2 fully saturated rings. The molecular formula is C26H30N6O4. The molecule has 0 saturated carbocycles. The molecule has 3 aliphatic heterocycles. The molecular weight excluding hydrogens is 460 g/mol. The molecule has 6 rings (SSSR count). The Bertz CT molecular complexity index is 1280. The lowest BCUT2D eigenvalue weighted by molar-refractivity contribution is -0.124. The van der Waals surface area contributed by atoms with Crippen LogP contribution in [0.5, 0.6) is 5.75 Å². The number of carbonyl (C=O) groups is 2. The largest absolute Gasteiger partial charge is 0.481 e.